The Bertz CT molecular complexity index is 514. The lowest BCUT2D eigenvalue weighted by atomic mass is 10.1. The quantitative estimate of drug-likeness (QED) is 0.722. The molecule has 1 aromatic heterocycles. The zero-order valence-electron chi connectivity index (χ0n) is 10.2. The third-order valence-corrected chi connectivity index (χ3v) is 2.81. The van der Waals surface area contributed by atoms with E-state index >= 15 is 0 Å². The molecule has 0 aliphatic carbocycles. The Morgan fingerprint density at radius 2 is 2.11 bits per heavy atom. The maximum atomic E-state index is 9.74. The zero-order valence-corrected chi connectivity index (χ0v) is 10.2. The summed E-state index contributed by atoms with van der Waals surface area (Å²) in [6, 6.07) is 8.33. The van der Waals surface area contributed by atoms with E-state index in [0.29, 0.717) is 12.1 Å². The topological polar surface area (TPSA) is 65.4 Å². The Morgan fingerprint density at radius 3 is 2.83 bits per heavy atom. The van der Waals surface area contributed by atoms with Crippen LogP contribution >= 0.6 is 0 Å². The molecule has 0 spiro atoms. The Balaban J connectivity index is 2.03. The third kappa shape index (κ3) is 2.99. The van der Waals surface area contributed by atoms with Gasteiger partial charge in [0, 0.05) is 30.5 Å². The summed E-state index contributed by atoms with van der Waals surface area (Å²) in [7, 11) is 0. The van der Waals surface area contributed by atoms with E-state index in [-0.39, 0.29) is 17.5 Å². The SMILES string of the molecule is CC(NCc1cccnc1)c1cc(O)ccc1O. The van der Waals surface area contributed by atoms with E-state index in [1.165, 1.54) is 12.1 Å². The summed E-state index contributed by atoms with van der Waals surface area (Å²) in [5, 5.41) is 22.4. The minimum Gasteiger partial charge on any atom is -0.508 e. The molecule has 0 fully saturated rings. The molecule has 1 aromatic carbocycles. The Hall–Kier alpha value is -2.07. The molecule has 18 heavy (non-hydrogen) atoms. The van der Waals surface area contributed by atoms with E-state index in [1.807, 2.05) is 19.1 Å². The standard InChI is InChI=1S/C14H16N2O2/c1-10(13-7-12(17)4-5-14(13)18)16-9-11-3-2-6-15-8-11/h2-8,10,16-18H,9H2,1H3. The molecule has 2 aromatic rings. The average molecular weight is 244 g/mol. The van der Waals surface area contributed by atoms with Gasteiger partial charge >= 0.3 is 0 Å². The van der Waals surface area contributed by atoms with Crippen LogP contribution in [-0.2, 0) is 6.54 Å². The molecule has 0 aliphatic rings. The first kappa shape index (κ1) is 12.4. The Kier molecular flexibility index (Phi) is 3.79. The highest BCUT2D eigenvalue weighted by Gasteiger charge is 2.10. The lowest BCUT2D eigenvalue weighted by Gasteiger charge is -2.15. The number of aromatic hydroxyl groups is 2. The number of hydrogen-bond acceptors (Lipinski definition) is 4. The van der Waals surface area contributed by atoms with Crippen molar-refractivity contribution >= 4 is 0 Å². The number of phenols is 2. The summed E-state index contributed by atoms with van der Waals surface area (Å²) < 4.78 is 0. The number of rotatable bonds is 4. The van der Waals surface area contributed by atoms with Gasteiger partial charge in [-0.05, 0) is 36.8 Å². The molecule has 0 saturated heterocycles. The first-order valence-corrected chi connectivity index (χ1v) is 5.81. The molecule has 4 nitrogen and oxygen atoms in total. The first-order valence-electron chi connectivity index (χ1n) is 5.81. The van der Waals surface area contributed by atoms with Gasteiger partial charge < -0.3 is 15.5 Å². The molecule has 4 heteroatoms. The molecular weight excluding hydrogens is 228 g/mol. The predicted octanol–water partition coefficient (Wildman–Crippen LogP) is 2.34. The highest BCUT2D eigenvalue weighted by atomic mass is 16.3. The van der Waals surface area contributed by atoms with Crippen LogP contribution in [0.15, 0.2) is 42.7 Å². The van der Waals surface area contributed by atoms with Crippen molar-refractivity contribution in [2.75, 3.05) is 0 Å². The summed E-state index contributed by atoms with van der Waals surface area (Å²) in [6.07, 6.45) is 3.52. The summed E-state index contributed by atoms with van der Waals surface area (Å²) in [5.41, 5.74) is 1.75. The van der Waals surface area contributed by atoms with Gasteiger partial charge in [-0.3, -0.25) is 4.98 Å². The van der Waals surface area contributed by atoms with Crippen LogP contribution in [0.4, 0.5) is 0 Å². The molecule has 0 radical (unpaired) electrons. The Labute approximate surface area is 106 Å². The number of benzene rings is 1. The van der Waals surface area contributed by atoms with Crippen LogP contribution in [0, 0.1) is 0 Å². The molecular formula is C14H16N2O2. The molecule has 1 atom stereocenters. The summed E-state index contributed by atoms with van der Waals surface area (Å²) >= 11 is 0. The van der Waals surface area contributed by atoms with Crippen molar-refractivity contribution in [2.45, 2.75) is 19.5 Å². The van der Waals surface area contributed by atoms with Crippen LogP contribution in [0.1, 0.15) is 24.1 Å². The number of hydrogen-bond donors (Lipinski definition) is 3. The molecule has 0 bridgehead atoms. The fourth-order valence-corrected chi connectivity index (χ4v) is 1.77. The average Bonchev–Trinajstić information content (AvgIpc) is 2.40. The monoisotopic (exact) mass is 244 g/mol. The van der Waals surface area contributed by atoms with Gasteiger partial charge in [-0.25, -0.2) is 0 Å². The van der Waals surface area contributed by atoms with Gasteiger partial charge in [0.2, 0.25) is 0 Å². The lowest BCUT2D eigenvalue weighted by Crippen LogP contribution is -2.18. The highest BCUT2D eigenvalue weighted by Crippen LogP contribution is 2.27. The van der Waals surface area contributed by atoms with Gasteiger partial charge in [0.15, 0.2) is 0 Å². The predicted molar refractivity (Wildman–Crippen MR) is 69.3 cm³/mol. The smallest absolute Gasteiger partial charge is 0.120 e. The van der Waals surface area contributed by atoms with Crippen LogP contribution in [0.5, 0.6) is 11.5 Å². The van der Waals surface area contributed by atoms with Crippen LogP contribution in [0.3, 0.4) is 0 Å². The maximum Gasteiger partial charge on any atom is 0.120 e. The van der Waals surface area contributed by atoms with Crippen LogP contribution in [0.25, 0.3) is 0 Å². The first-order chi connectivity index (χ1) is 8.66. The molecule has 0 aliphatic heterocycles. The largest absolute Gasteiger partial charge is 0.508 e. The van der Waals surface area contributed by atoms with Crippen molar-refractivity contribution < 1.29 is 10.2 Å². The highest BCUT2D eigenvalue weighted by molar-refractivity contribution is 5.40. The van der Waals surface area contributed by atoms with E-state index in [0.717, 1.165) is 5.56 Å². The number of nitrogens with zero attached hydrogens (tertiary/aromatic N) is 1. The molecule has 0 amide bonds. The van der Waals surface area contributed by atoms with E-state index < -0.39 is 0 Å². The summed E-state index contributed by atoms with van der Waals surface area (Å²) in [5.74, 6) is 0.330. The lowest BCUT2D eigenvalue weighted by molar-refractivity contribution is 0.440. The van der Waals surface area contributed by atoms with E-state index in [9.17, 15) is 10.2 Å². The van der Waals surface area contributed by atoms with Gasteiger partial charge in [0.25, 0.3) is 0 Å². The second-order valence-corrected chi connectivity index (χ2v) is 4.21. The fourth-order valence-electron chi connectivity index (χ4n) is 1.77. The Morgan fingerprint density at radius 1 is 1.28 bits per heavy atom. The minimum atomic E-state index is -0.0580. The van der Waals surface area contributed by atoms with Crippen molar-refractivity contribution in [1.82, 2.24) is 10.3 Å². The van der Waals surface area contributed by atoms with Crippen molar-refractivity contribution in [3.8, 4) is 11.5 Å². The number of aromatic nitrogens is 1. The maximum absolute atomic E-state index is 9.74. The van der Waals surface area contributed by atoms with Gasteiger partial charge in [-0.1, -0.05) is 6.07 Å². The summed E-state index contributed by atoms with van der Waals surface area (Å²) in [6.45, 7) is 2.59. The van der Waals surface area contributed by atoms with E-state index in [2.05, 4.69) is 10.3 Å². The second kappa shape index (κ2) is 5.51. The molecule has 2 rings (SSSR count). The van der Waals surface area contributed by atoms with E-state index in [1.54, 1.807) is 18.5 Å². The van der Waals surface area contributed by atoms with Crippen molar-refractivity contribution in [3.63, 3.8) is 0 Å². The van der Waals surface area contributed by atoms with Gasteiger partial charge in [-0.2, -0.15) is 0 Å². The van der Waals surface area contributed by atoms with Crippen LogP contribution < -0.4 is 5.32 Å². The number of phenolic OH excluding ortho intramolecular Hbond substituents is 2. The van der Waals surface area contributed by atoms with Gasteiger partial charge in [-0.15, -0.1) is 0 Å². The summed E-state index contributed by atoms with van der Waals surface area (Å²) in [4.78, 5) is 4.04. The third-order valence-electron chi connectivity index (χ3n) is 2.81. The van der Waals surface area contributed by atoms with Crippen molar-refractivity contribution in [1.29, 1.82) is 0 Å². The normalized spacial score (nSPS) is 12.3. The van der Waals surface area contributed by atoms with Crippen molar-refractivity contribution in [2.24, 2.45) is 0 Å². The minimum absolute atomic E-state index is 0.0580. The van der Waals surface area contributed by atoms with Crippen molar-refractivity contribution in [3.05, 3.63) is 53.9 Å². The number of pyridine rings is 1. The van der Waals surface area contributed by atoms with E-state index in [4.69, 9.17) is 0 Å². The molecule has 3 N–H and O–H groups in total. The molecule has 1 heterocycles. The fraction of sp³-hybridized carbons (Fsp3) is 0.214. The molecule has 0 saturated carbocycles. The second-order valence-electron chi connectivity index (χ2n) is 4.21. The van der Waals surface area contributed by atoms with Crippen LogP contribution in [0.2, 0.25) is 0 Å². The van der Waals surface area contributed by atoms with Gasteiger partial charge in [0.1, 0.15) is 11.5 Å². The van der Waals surface area contributed by atoms with Gasteiger partial charge in [0.05, 0.1) is 0 Å². The number of nitrogens with one attached hydrogen (secondary N) is 1. The molecule has 1 unspecified atom stereocenters. The zero-order chi connectivity index (χ0) is 13.0. The molecule has 94 valence electrons. The van der Waals surface area contributed by atoms with Crippen LogP contribution in [-0.4, -0.2) is 15.2 Å².